The predicted molar refractivity (Wildman–Crippen MR) is 115 cm³/mol. The number of ether oxygens (including phenoxy) is 1. The molecule has 1 spiro atoms. The van der Waals surface area contributed by atoms with Crippen molar-refractivity contribution in [3.05, 3.63) is 30.1 Å². The highest BCUT2D eigenvalue weighted by atomic mass is 19.1. The molecule has 2 heterocycles. The third kappa shape index (κ3) is 4.85. The largest absolute Gasteiger partial charge is 0.478 e. The van der Waals surface area contributed by atoms with E-state index in [0.29, 0.717) is 12.3 Å². The van der Waals surface area contributed by atoms with Gasteiger partial charge in [-0.1, -0.05) is 19.3 Å². The first-order chi connectivity index (χ1) is 15.0. The maximum Gasteiger partial charge on any atom is 0.267 e. The van der Waals surface area contributed by atoms with Crippen molar-refractivity contribution >= 4 is 11.8 Å². The van der Waals surface area contributed by atoms with Gasteiger partial charge in [0.15, 0.2) is 6.10 Å². The van der Waals surface area contributed by atoms with Crippen molar-refractivity contribution in [2.24, 2.45) is 0 Å². The van der Waals surface area contributed by atoms with Crippen LogP contribution in [0.1, 0.15) is 32.1 Å². The van der Waals surface area contributed by atoms with Crippen molar-refractivity contribution in [1.29, 1.82) is 0 Å². The third-order valence-corrected chi connectivity index (χ3v) is 6.95. The van der Waals surface area contributed by atoms with Gasteiger partial charge in [-0.15, -0.1) is 0 Å². The van der Waals surface area contributed by atoms with Crippen LogP contribution in [0.4, 0.5) is 4.39 Å². The fourth-order valence-corrected chi connectivity index (χ4v) is 5.03. The molecule has 3 aliphatic rings. The van der Waals surface area contributed by atoms with Gasteiger partial charge < -0.3 is 19.9 Å². The SMILES string of the molecule is CN1CCN(CCNC(=O)CN2C(=O)C(Oc3ccc(F)cc3)C23CCCCC3)CC1. The summed E-state index contributed by atoms with van der Waals surface area (Å²) in [6, 6.07) is 5.76. The summed E-state index contributed by atoms with van der Waals surface area (Å²) in [5, 5.41) is 2.98. The summed E-state index contributed by atoms with van der Waals surface area (Å²) >= 11 is 0. The molecule has 0 aromatic heterocycles. The van der Waals surface area contributed by atoms with Gasteiger partial charge in [-0.05, 0) is 44.2 Å². The highest BCUT2D eigenvalue weighted by Crippen LogP contribution is 2.45. The number of benzene rings is 1. The molecule has 3 fully saturated rings. The van der Waals surface area contributed by atoms with Gasteiger partial charge in [0.1, 0.15) is 18.1 Å². The topological polar surface area (TPSA) is 65.1 Å². The van der Waals surface area contributed by atoms with E-state index in [2.05, 4.69) is 22.2 Å². The van der Waals surface area contributed by atoms with Crippen molar-refractivity contribution in [2.45, 2.75) is 43.7 Å². The summed E-state index contributed by atoms with van der Waals surface area (Å²) < 4.78 is 19.2. The van der Waals surface area contributed by atoms with E-state index >= 15 is 0 Å². The number of hydrogen-bond acceptors (Lipinski definition) is 5. The number of halogens is 1. The molecule has 1 aliphatic carbocycles. The van der Waals surface area contributed by atoms with Gasteiger partial charge in [-0.3, -0.25) is 14.5 Å². The van der Waals surface area contributed by atoms with Crippen molar-refractivity contribution in [3.8, 4) is 5.75 Å². The molecule has 2 amide bonds. The van der Waals surface area contributed by atoms with Crippen molar-refractivity contribution < 1.29 is 18.7 Å². The second-order valence-corrected chi connectivity index (χ2v) is 9.04. The van der Waals surface area contributed by atoms with E-state index in [1.54, 1.807) is 17.0 Å². The summed E-state index contributed by atoms with van der Waals surface area (Å²) in [7, 11) is 2.12. The Morgan fingerprint density at radius 3 is 2.48 bits per heavy atom. The molecular weight excluding hydrogens is 399 g/mol. The van der Waals surface area contributed by atoms with Crippen LogP contribution >= 0.6 is 0 Å². The lowest BCUT2D eigenvalue weighted by atomic mass is 9.70. The van der Waals surface area contributed by atoms with Crippen molar-refractivity contribution in [2.75, 3.05) is 52.9 Å². The minimum absolute atomic E-state index is 0.0743. The van der Waals surface area contributed by atoms with E-state index in [9.17, 15) is 14.0 Å². The summed E-state index contributed by atoms with van der Waals surface area (Å²) in [4.78, 5) is 31.9. The predicted octanol–water partition coefficient (Wildman–Crippen LogP) is 1.48. The van der Waals surface area contributed by atoms with Gasteiger partial charge in [0.05, 0.1) is 5.54 Å². The van der Waals surface area contributed by atoms with E-state index in [0.717, 1.165) is 64.8 Å². The van der Waals surface area contributed by atoms with E-state index in [1.807, 2.05) is 0 Å². The number of piperazine rings is 1. The maximum atomic E-state index is 13.2. The van der Waals surface area contributed by atoms with Crippen LogP contribution in [-0.4, -0.2) is 91.0 Å². The summed E-state index contributed by atoms with van der Waals surface area (Å²) in [5.41, 5.74) is -0.432. The van der Waals surface area contributed by atoms with Crippen LogP contribution in [0.5, 0.6) is 5.75 Å². The Morgan fingerprint density at radius 1 is 1.13 bits per heavy atom. The standard InChI is InChI=1S/C23H33FN4O3/c1-26-13-15-27(16-14-26)12-11-25-20(29)17-28-22(30)21(23(28)9-3-2-4-10-23)31-19-7-5-18(24)6-8-19/h5-8,21H,2-4,9-17H2,1H3,(H,25,29). The first kappa shape index (κ1) is 22.0. The van der Waals surface area contributed by atoms with Crippen LogP contribution in [0, 0.1) is 5.82 Å². The number of hydrogen-bond donors (Lipinski definition) is 1. The maximum absolute atomic E-state index is 13.2. The van der Waals surface area contributed by atoms with E-state index in [-0.39, 0.29) is 24.2 Å². The van der Waals surface area contributed by atoms with Gasteiger partial charge in [0.25, 0.3) is 5.91 Å². The number of amides is 2. The molecule has 1 N–H and O–H groups in total. The molecule has 1 aromatic carbocycles. The molecule has 0 radical (unpaired) electrons. The monoisotopic (exact) mass is 432 g/mol. The molecule has 2 saturated heterocycles. The molecule has 1 atom stereocenters. The van der Waals surface area contributed by atoms with E-state index < -0.39 is 11.6 Å². The molecule has 1 aromatic rings. The number of likely N-dealkylation sites (tertiary alicyclic amines) is 1. The van der Waals surface area contributed by atoms with Gasteiger partial charge in [0, 0.05) is 39.3 Å². The van der Waals surface area contributed by atoms with Gasteiger partial charge in [0.2, 0.25) is 5.91 Å². The minimum atomic E-state index is -0.601. The second kappa shape index (κ2) is 9.53. The van der Waals surface area contributed by atoms with Gasteiger partial charge in [-0.2, -0.15) is 0 Å². The number of carbonyl (C=O) groups excluding carboxylic acids is 2. The zero-order chi connectivity index (χ0) is 21.8. The fourth-order valence-electron chi connectivity index (χ4n) is 5.03. The van der Waals surface area contributed by atoms with Crippen molar-refractivity contribution in [1.82, 2.24) is 20.0 Å². The molecule has 4 rings (SSSR count). The van der Waals surface area contributed by atoms with Crippen LogP contribution in [0.15, 0.2) is 24.3 Å². The molecule has 1 unspecified atom stereocenters. The summed E-state index contributed by atoms with van der Waals surface area (Å²) in [6.45, 7) is 5.63. The zero-order valence-corrected chi connectivity index (χ0v) is 18.3. The minimum Gasteiger partial charge on any atom is -0.478 e. The molecule has 170 valence electrons. The number of rotatable bonds is 7. The summed E-state index contributed by atoms with van der Waals surface area (Å²) in [6.07, 6.45) is 4.22. The smallest absolute Gasteiger partial charge is 0.267 e. The number of carbonyl (C=O) groups is 2. The Labute approximate surface area is 183 Å². The van der Waals surface area contributed by atoms with Gasteiger partial charge in [-0.25, -0.2) is 4.39 Å². The van der Waals surface area contributed by atoms with Crippen LogP contribution < -0.4 is 10.1 Å². The number of nitrogens with zero attached hydrogens (tertiary/aromatic N) is 3. The number of nitrogens with one attached hydrogen (secondary N) is 1. The Bertz CT molecular complexity index is 774. The van der Waals surface area contributed by atoms with E-state index in [4.69, 9.17) is 4.74 Å². The second-order valence-electron chi connectivity index (χ2n) is 9.04. The lowest BCUT2D eigenvalue weighted by Crippen LogP contribution is -2.77. The summed E-state index contributed by atoms with van der Waals surface area (Å²) in [5.74, 6) is -0.122. The molecule has 1 saturated carbocycles. The number of β-lactam (4-membered cyclic amide) rings is 1. The van der Waals surface area contributed by atoms with Gasteiger partial charge >= 0.3 is 0 Å². The third-order valence-electron chi connectivity index (χ3n) is 6.95. The van der Waals surface area contributed by atoms with Crippen LogP contribution in [0.3, 0.4) is 0 Å². The Balaban J connectivity index is 1.32. The molecule has 8 heteroatoms. The highest BCUT2D eigenvalue weighted by molar-refractivity contribution is 5.94. The van der Waals surface area contributed by atoms with Crippen LogP contribution in [0.25, 0.3) is 0 Å². The quantitative estimate of drug-likeness (QED) is 0.662. The molecule has 0 bridgehead atoms. The first-order valence-electron chi connectivity index (χ1n) is 11.4. The lowest BCUT2D eigenvalue weighted by Gasteiger charge is -2.58. The number of likely N-dealkylation sites (N-methyl/N-ethyl adjacent to an activating group) is 1. The Kier molecular flexibility index (Phi) is 6.77. The average molecular weight is 433 g/mol. The Morgan fingerprint density at radius 2 is 1.81 bits per heavy atom. The first-order valence-corrected chi connectivity index (χ1v) is 11.4. The molecule has 31 heavy (non-hydrogen) atoms. The van der Waals surface area contributed by atoms with Crippen LogP contribution in [-0.2, 0) is 9.59 Å². The highest BCUT2D eigenvalue weighted by Gasteiger charge is 2.62. The van der Waals surface area contributed by atoms with Crippen molar-refractivity contribution in [3.63, 3.8) is 0 Å². The molecular formula is C23H33FN4O3. The Hall–Kier alpha value is -2.19. The lowest BCUT2D eigenvalue weighted by molar-refractivity contribution is -0.187. The molecule has 2 aliphatic heterocycles. The molecule has 7 nitrogen and oxygen atoms in total. The zero-order valence-electron chi connectivity index (χ0n) is 18.3. The van der Waals surface area contributed by atoms with E-state index in [1.165, 1.54) is 12.1 Å². The average Bonchev–Trinajstić information content (AvgIpc) is 2.79. The normalized spacial score (nSPS) is 24.1. The fraction of sp³-hybridized carbons (Fsp3) is 0.652. The van der Waals surface area contributed by atoms with Crippen LogP contribution in [0.2, 0.25) is 0 Å².